The molecule has 3 rings (SSSR count). The summed E-state index contributed by atoms with van der Waals surface area (Å²) in [5.74, 6) is 1.40. The van der Waals surface area contributed by atoms with Crippen LogP contribution in [0.15, 0.2) is 53.1 Å². The second-order valence-corrected chi connectivity index (χ2v) is 6.72. The maximum atomic E-state index is 12.5. The molecule has 148 valence electrons. The molecule has 1 atom stereocenters. The highest BCUT2D eigenvalue weighted by molar-refractivity contribution is 5.91. The van der Waals surface area contributed by atoms with Crippen LogP contribution in [0.1, 0.15) is 60.8 Å². The van der Waals surface area contributed by atoms with Crippen molar-refractivity contribution in [3.05, 3.63) is 71.4 Å². The van der Waals surface area contributed by atoms with Gasteiger partial charge in [0.1, 0.15) is 18.1 Å². The van der Waals surface area contributed by atoms with Crippen LogP contribution in [-0.4, -0.2) is 15.7 Å². The topological polar surface area (TPSA) is 69.3 Å². The third-order valence-electron chi connectivity index (χ3n) is 4.57. The van der Waals surface area contributed by atoms with E-state index >= 15 is 0 Å². The van der Waals surface area contributed by atoms with Gasteiger partial charge in [0.2, 0.25) is 0 Å². The number of aryl methyl sites for hydroxylation is 2. The van der Waals surface area contributed by atoms with Crippen molar-refractivity contribution in [2.45, 2.75) is 52.8 Å². The van der Waals surface area contributed by atoms with Gasteiger partial charge in [-0.25, -0.2) is 0 Å². The second kappa shape index (κ2) is 9.26. The first-order valence-electron chi connectivity index (χ1n) is 9.73. The van der Waals surface area contributed by atoms with Crippen LogP contribution < -0.4 is 10.1 Å². The molecule has 1 aromatic carbocycles. The smallest absolute Gasteiger partial charge is 0.287 e. The van der Waals surface area contributed by atoms with Gasteiger partial charge in [0, 0.05) is 12.7 Å². The minimum Gasteiger partial charge on any atom is -0.486 e. The standard InChI is InChI=1S/C22H27N3O3/c1-4-6-17-7-9-18(10-8-17)27-15-19-11-12-21(28-19)22(26)24-16(3)20-13-14-23-25(20)5-2/h7-14,16H,4-6,15H2,1-3H3,(H,24,26). The molecule has 3 aromatic rings. The van der Waals surface area contributed by atoms with Crippen molar-refractivity contribution in [1.29, 1.82) is 0 Å². The Hall–Kier alpha value is -3.02. The summed E-state index contributed by atoms with van der Waals surface area (Å²) in [6.07, 6.45) is 3.92. The number of aromatic nitrogens is 2. The van der Waals surface area contributed by atoms with E-state index in [-0.39, 0.29) is 24.3 Å². The number of ether oxygens (including phenoxy) is 1. The van der Waals surface area contributed by atoms with E-state index in [1.165, 1.54) is 5.56 Å². The van der Waals surface area contributed by atoms with Crippen molar-refractivity contribution >= 4 is 5.91 Å². The highest BCUT2D eigenvalue weighted by Crippen LogP contribution is 2.17. The summed E-state index contributed by atoms with van der Waals surface area (Å²) in [4.78, 5) is 12.5. The molecule has 0 bridgehead atoms. The molecule has 0 saturated carbocycles. The molecule has 0 saturated heterocycles. The minimum absolute atomic E-state index is 0.165. The Kier molecular flexibility index (Phi) is 6.53. The number of carbonyl (C=O) groups excluding carboxylic acids is 1. The third-order valence-corrected chi connectivity index (χ3v) is 4.57. The Morgan fingerprint density at radius 2 is 1.96 bits per heavy atom. The van der Waals surface area contributed by atoms with Crippen molar-refractivity contribution in [3.8, 4) is 5.75 Å². The van der Waals surface area contributed by atoms with Crippen LogP contribution in [0, 0.1) is 0 Å². The van der Waals surface area contributed by atoms with E-state index in [0.717, 1.165) is 30.8 Å². The van der Waals surface area contributed by atoms with Crippen molar-refractivity contribution in [3.63, 3.8) is 0 Å². The molecule has 1 amide bonds. The number of furan rings is 1. The molecule has 6 heteroatoms. The van der Waals surface area contributed by atoms with Gasteiger partial charge in [-0.3, -0.25) is 9.48 Å². The lowest BCUT2D eigenvalue weighted by Gasteiger charge is -2.14. The number of amides is 1. The number of nitrogens with one attached hydrogen (secondary N) is 1. The molecule has 2 heterocycles. The number of carbonyl (C=O) groups is 1. The van der Waals surface area contributed by atoms with E-state index in [0.29, 0.717) is 5.76 Å². The van der Waals surface area contributed by atoms with Gasteiger partial charge in [0.15, 0.2) is 5.76 Å². The van der Waals surface area contributed by atoms with E-state index in [1.54, 1.807) is 18.3 Å². The Balaban J connectivity index is 1.55. The van der Waals surface area contributed by atoms with Crippen molar-refractivity contribution in [2.75, 3.05) is 0 Å². The van der Waals surface area contributed by atoms with Crippen LogP contribution in [0.3, 0.4) is 0 Å². The maximum absolute atomic E-state index is 12.5. The average Bonchev–Trinajstić information content (AvgIpc) is 3.37. The van der Waals surface area contributed by atoms with E-state index in [2.05, 4.69) is 29.5 Å². The first kappa shape index (κ1) is 19.7. The molecule has 28 heavy (non-hydrogen) atoms. The van der Waals surface area contributed by atoms with Gasteiger partial charge in [-0.05, 0) is 56.2 Å². The molecule has 2 aromatic heterocycles. The summed E-state index contributed by atoms with van der Waals surface area (Å²) in [7, 11) is 0. The Morgan fingerprint density at radius 1 is 1.18 bits per heavy atom. The van der Waals surface area contributed by atoms with E-state index < -0.39 is 0 Å². The fourth-order valence-electron chi connectivity index (χ4n) is 3.09. The summed E-state index contributed by atoms with van der Waals surface area (Å²) < 4.78 is 13.3. The summed E-state index contributed by atoms with van der Waals surface area (Å²) in [6.45, 7) is 7.13. The quantitative estimate of drug-likeness (QED) is 0.592. The second-order valence-electron chi connectivity index (χ2n) is 6.72. The van der Waals surface area contributed by atoms with Crippen molar-refractivity contribution in [1.82, 2.24) is 15.1 Å². The summed E-state index contributed by atoms with van der Waals surface area (Å²) in [5.41, 5.74) is 2.25. The summed E-state index contributed by atoms with van der Waals surface area (Å²) in [6, 6.07) is 13.2. The van der Waals surface area contributed by atoms with Gasteiger partial charge in [0.25, 0.3) is 5.91 Å². The van der Waals surface area contributed by atoms with Crippen LogP contribution in [0.2, 0.25) is 0 Å². The van der Waals surface area contributed by atoms with Crippen LogP contribution >= 0.6 is 0 Å². The van der Waals surface area contributed by atoms with Gasteiger partial charge in [-0.15, -0.1) is 0 Å². The predicted molar refractivity (Wildman–Crippen MR) is 107 cm³/mol. The average molecular weight is 381 g/mol. The fourth-order valence-corrected chi connectivity index (χ4v) is 3.09. The largest absolute Gasteiger partial charge is 0.486 e. The lowest BCUT2D eigenvalue weighted by molar-refractivity contribution is 0.0906. The maximum Gasteiger partial charge on any atom is 0.287 e. The van der Waals surface area contributed by atoms with E-state index in [9.17, 15) is 4.79 Å². The minimum atomic E-state index is -0.258. The fraction of sp³-hybridized carbons (Fsp3) is 0.364. The molecule has 6 nitrogen and oxygen atoms in total. The lowest BCUT2D eigenvalue weighted by atomic mass is 10.1. The molecular weight excluding hydrogens is 354 g/mol. The van der Waals surface area contributed by atoms with Crippen LogP contribution in [-0.2, 0) is 19.6 Å². The van der Waals surface area contributed by atoms with E-state index in [1.807, 2.05) is 36.7 Å². The normalized spacial score (nSPS) is 12.0. The predicted octanol–water partition coefficient (Wildman–Crippen LogP) is 4.52. The van der Waals surface area contributed by atoms with Crippen molar-refractivity contribution in [2.24, 2.45) is 0 Å². The van der Waals surface area contributed by atoms with Crippen LogP contribution in [0.25, 0.3) is 0 Å². The number of rotatable bonds is 9. The zero-order valence-corrected chi connectivity index (χ0v) is 16.6. The monoisotopic (exact) mass is 381 g/mol. The number of benzene rings is 1. The molecule has 1 N–H and O–H groups in total. The number of nitrogens with zero attached hydrogens (tertiary/aromatic N) is 2. The van der Waals surface area contributed by atoms with Gasteiger partial charge in [0.05, 0.1) is 11.7 Å². The first-order valence-corrected chi connectivity index (χ1v) is 9.73. The molecular formula is C22H27N3O3. The lowest BCUT2D eigenvalue weighted by Crippen LogP contribution is -2.28. The summed E-state index contributed by atoms with van der Waals surface area (Å²) >= 11 is 0. The van der Waals surface area contributed by atoms with Crippen LogP contribution in [0.5, 0.6) is 5.75 Å². The van der Waals surface area contributed by atoms with E-state index in [4.69, 9.17) is 9.15 Å². The van der Waals surface area contributed by atoms with Crippen LogP contribution in [0.4, 0.5) is 0 Å². The zero-order chi connectivity index (χ0) is 19.9. The van der Waals surface area contributed by atoms with Crippen molar-refractivity contribution < 1.29 is 13.9 Å². The number of hydrogen-bond donors (Lipinski definition) is 1. The van der Waals surface area contributed by atoms with Gasteiger partial charge in [-0.2, -0.15) is 5.10 Å². The summed E-state index contributed by atoms with van der Waals surface area (Å²) in [5, 5.41) is 7.18. The highest BCUT2D eigenvalue weighted by atomic mass is 16.5. The number of hydrogen-bond acceptors (Lipinski definition) is 4. The molecule has 0 aliphatic carbocycles. The molecule has 0 spiro atoms. The third kappa shape index (κ3) is 4.82. The molecule has 0 radical (unpaired) electrons. The van der Waals surface area contributed by atoms with Gasteiger partial charge in [-0.1, -0.05) is 25.5 Å². The molecule has 0 fully saturated rings. The Morgan fingerprint density at radius 3 is 2.68 bits per heavy atom. The SMILES string of the molecule is CCCc1ccc(OCc2ccc(C(=O)NC(C)c3ccnn3CC)o2)cc1. The molecule has 1 unspecified atom stereocenters. The first-order chi connectivity index (χ1) is 13.6. The Bertz CT molecular complexity index is 896. The van der Waals surface area contributed by atoms with Gasteiger partial charge < -0.3 is 14.5 Å². The molecule has 0 aliphatic rings. The Labute approximate surface area is 165 Å². The molecule has 0 aliphatic heterocycles. The van der Waals surface area contributed by atoms with Gasteiger partial charge >= 0.3 is 0 Å². The zero-order valence-electron chi connectivity index (χ0n) is 16.6. The highest BCUT2D eigenvalue weighted by Gasteiger charge is 2.17.